The van der Waals surface area contributed by atoms with Crippen molar-refractivity contribution in [2.75, 3.05) is 0 Å². The van der Waals surface area contributed by atoms with Gasteiger partial charge in [-0.2, -0.15) is 0 Å². The zero-order valence-corrected chi connectivity index (χ0v) is 8.33. The Hall–Kier alpha value is 1.11. The van der Waals surface area contributed by atoms with Crippen molar-refractivity contribution in [1.29, 1.82) is 0 Å². The fraction of sp³-hybridized carbons (Fsp3) is 1.00. The minimum absolute atomic E-state index is 0. The van der Waals surface area contributed by atoms with Gasteiger partial charge in [0.15, 0.2) is 0 Å². The van der Waals surface area contributed by atoms with Crippen LogP contribution in [-0.4, -0.2) is 14.0 Å². The Morgan fingerprint density at radius 2 is 2.12 bits per heavy atom. The quantitative estimate of drug-likeness (QED) is 0.322. The second kappa shape index (κ2) is 6.23. The summed E-state index contributed by atoms with van der Waals surface area (Å²) in [5.41, 5.74) is 0. The van der Waals surface area contributed by atoms with E-state index in [1.807, 2.05) is 6.92 Å². The molecule has 2 atom stereocenters. The third-order valence-corrected chi connectivity index (χ3v) is 1.89. The zero-order chi connectivity index (χ0) is 5.86. The molecule has 2 nitrogen and oxygen atoms in total. The van der Waals surface area contributed by atoms with Crippen LogP contribution in [0.3, 0.4) is 0 Å². The Morgan fingerprint density at radius 3 is 2.12 bits per heavy atom. The van der Waals surface area contributed by atoms with Crippen LogP contribution in [0.4, 0.5) is 0 Å². The Kier molecular flexibility index (Phi) is 9.24. The predicted octanol–water partition coefficient (Wildman–Crippen LogP) is -2.33. The maximum absolute atomic E-state index is 9.93. The van der Waals surface area contributed by atoms with Gasteiger partial charge in [-0.25, -0.2) is 0 Å². The molecule has 4 heteroatoms. The molecule has 0 aliphatic heterocycles. The first-order chi connectivity index (χ1) is 3.18. The Morgan fingerprint density at radius 1 is 1.75 bits per heavy atom. The van der Waals surface area contributed by atoms with Gasteiger partial charge in [-0.05, 0) is 6.42 Å². The van der Waals surface area contributed by atoms with Crippen LogP contribution in [0.15, 0.2) is 0 Å². The van der Waals surface area contributed by atoms with Crippen LogP contribution in [-0.2, 0) is 11.1 Å². The normalized spacial score (nSPS) is 16.4. The predicted molar refractivity (Wildman–Crippen MR) is 28.7 cm³/mol. The molecule has 0 N–H and O–H groups in total. The van der Waals surface area contributed by atoms with Crippen molar-refractivity contribution in [2.45, 2.75) is 25.5 Å². The molecule has 0 saturated heterocycles. The van der Waals surface area contributed by atoms with Crippen molar-refractivity contribution in [2.24, 2.45) is 0 Å². The van der Waals surface area contributed by atoms with Gasteiger partial charge >= 0.3 is 29.6 Å². The van der Waals surface area contributed by atoms with Crippen molar-refractivity contribution < 1.29 is 38.3 Å². The second-order valence-corrected chi connectivity index (χ2v) is 2.81. The Balaban J connectivity index is 0. The molecule has 0 saturated carbocycles. The second-order valence-electron chi connectivity index (χ2n) is 1.48. The molecule has 0 radical (unpaired) electrons. The van der Waals surface area contributed by atoms with Crippen molar-refractivity contribution in [3.8, 4) is 0 Å². The number of hydrogen-bond donors (Lipinski definition) is 0. The van der Waals surface area contributed by atoms with Crippen molar-refractivity contribution in [3.05, 3.63) is 0 Å². The van der Waals surface area contributed by atoms with Crippen LogP contribution in [0.2, 0.25) is 0 Å². The average Bonchev–Trinajstić information content (AvgIpc) is 1.65. The maximum Gasteiger partial charge on any atom is 1.00 e. The minimum Gasteiger partial charge on any atom is -0.772 e. The van der Waals surface area contributed by atoms with E-state index in [1.165, 1.54) is 0 Å². The molecule has 1 unspecified atom stereocenters. The molecule has 0 rings (SSSR count). The molecule has 0 aromatic rings. The molecule has 0 aliphatic carbocycles. The summed E-state index contributed by atoms with van der Waals surface area (Å²) < 4.78 is 19.9. The van der Waals surface area contributed by atoms with E-state index < -0.39 is 11.1 Å². The van der Waals surface area contributed by atoms with E-state index >= 15 is 0 Å². The molecule has 0 aliphatic rings. The molecule has 8 heavy (non-hydrogen) atoms. The van der Waals surface area contributed by atoms with E-state index in [0.29, 0.717) is 6.42 Å². The summed E-state index contributed by atoms with van der Waals surface area (Å²) in [5.74, 6) is 0. The number of hydrogen-bond acceptors (Lipinski definition) is 2. The summed E-state index contributed by atoms with van der Waals surface area (Å²) in [6, 6.07) is 0. The topological polar surface area (TPSA) is 40.1 Å². The third-order valence-electron chi connectivity index (χ3n) is 0.903. The fourth-order valence-corrected chi connectivity index (χ4v) is 0.408. The van der Waals surface area contributed by atoms with Gasteiger partial charge in [0.2, 0.25) is 0 Å². The standard InChI is InChI=1S/C4H10O2S.Na/c1-3-4(2)7(5)6;/h4H,3H2,1-2H3,(H,5,6);/q;+1/p-1/t4-;/m0./s1. The summed E-state index contributed by atoms with van der Waals surface area (Å²) in [5, 5.41) is -0.181. The van der Waals surface area contributed by atoms with Crippen LogP contribution in [0.5, 0.6) is 0 Å². The Bertz CT molecular complexity index is 76.4. The summed E-state index contributed by atoms with van der Waals surface area (Å²) in [6.45, 7) is 3.53. The molecular formula is C4H9NaO2S. The molecule has 44 valence electrons. The van der Waals surface area contributed by atoms with E-state index in [9.17, 15) is 8.76 Å². The smallest absolute Gasteiger partial charge is 0.772 e. The summed E-state index contributed by atoms with van der Waals surface area (Å²) in [6.07, 6.45) is 0.704. The first kappa shape index (κ1) is 11.9. The van der Waals surface area contributed by atoms with Gasteiger partial charge in [-0.15, -0.1) is 0 Å². The van der Waals surface area contributed by atoms with Gasteiger partial charge < -0.3 is 4.55 Å². The van der Waals surface area contributed by atoms with E-state index in [0.717, 1.165) is 0 Å². The fourth-order valence-electron chi connectivity index (χ4n) is 0.136. The third kappa shape index (κ3) is 5.25. The molecular weight excluding hydrogens is 135 g/mol. The van der Waals surface area contributed by atoms with Gasteiger partial charge in [-0.1, -0.05) is 24.9 Å². The van der Waals surface area contributed by atoms with E-state index in [4.69, 9.17) is 0 Å². The van der Waals surface area contributed by atoms with E-state index in [2.05, 4.69) is 0 Å². The van der Waals surface area contributed by atoms with Crippen LogP contribution in [0.1, 0.15) is 20.3 Å². The van der Waals surface area contributed by atoms with E-state index in [-0.39, 0.29) is 34.8 Å². The largest absolute Gasteiger partial charge is 1.00 e. The van der Waals surface area contributed by atoms with Crippen molar-refractivity contribution >= 4 is 11.1 Å². The van der Waals surface area contributed by atoms with Gasteiger partial charge in [0, 0.05) is 5.25 Å². The first-order valence-electron chi connectivity index (χ1n) is 2.26. The van der Waals surface area contributed by atoms with Crippen molar-refractivity contribution in [1.82, 2.24) is 0 Å². The first-order valence-corrected chi connectivity index (χ1v) is 3.40. The molecule has 0 aromatic heterocycles. The van der Waals surface area contributed by atoms with Gasteiger partial charge in [0.1, 0.15) is 0 Å². The van der Waals surface area contributed by atoms with Crippen molar-refractivity contribution in [3.63, 3.8) is 0 Å². The summed E-state index contributed by atoms with van der Waals surface area (Å²) >= 11 is -1.86. The number of rotatable bonds is 2. The Labute approximate surface area is 74.6 Å². The van der Waals surface area contributed by atoms with Crippen LogP contribution >= 0.6 is 0 Å². The monoisotopic (exact) mass is 144 g/mol. The average molecular weight is 144 g/mol. The molecule has 0 amide bonds. The summed E-state index contributed by atoms with van der Waals surface area (Å²) in [7, 11) is 0. The maximum atomic E-state index is 9.93. The SMILES string of the molecule is CC[C@H](C)S(=O)[O-].[Na+]. The van der Waals surface area contributed by atoms with Crippen LogP contribution in [0.25, 0.3) is 0 Å². The molecule has 0 bridgehead atoms. The van der Waals surface area contributed by atoms with Gasteiger partial charge in [0.25, 0.3) is 0 Å². The van der Waals surface area contributed by atoms with Gasteiger partial charge in [-0.3, -0.25) is 4.21 Å². The molecule has 0 fully saturated rings. The van der Waals surface area contributed by atoms with Gasteiger partial charge in [0.05, 0.1) is 0 Å². The van der Waals surface area contributed by atoms with Crippen LogP contribution < -0.4 is 29.6 Å². The zero-order valence-electron chi connectivity index (χ0n) is 5.51. The molecule has 0 aromatic carbocycles. The van der Waals surface area contributed by atoms with E-state index in [1.54, 1.807) is 6.92 Å². The minimum atomic E-state index is -1.86. The molecule has 0 spiro atoms. The molecule has 0 heterocycles. The van der Waals surface area contributed by atoms with Crippen LogP contribution in [0, 0.1) is 0 Å². The summed E-state index contributed by atoms with van der Waals surface area (Å²) in [4.78, 5) is 0.